The Labute approximate surface area is 163 Å². The van der Waals surface area contributed by atoms with Crippen molar-refractivity contribution in [2.75, 3.05) is 6.54 Å². The lowest BCUT2D eigenvalue weighted by molar-refractivity contribution is 0.101. The van der Waals surface area contributed by atoms with Gasteiger partial charge in [-0.3, -0.25) is 18.7 Å². The average molecular weight is 384 g/mol. The van der Waals surface area contributed by atoms with Crippen molar-refractivity contribution in [3.05, 3.63) is 52.0 Å². The van der Waals surface area contributed by atoms with Gasteiger partial charge in [-0.2, -0.15) is 0 Å². The monoisotopic (exact) mass is 383 g/mol. The first kappa shape index (κ1) is 18.1. The molecule has 0 N–H and O–H groups in total. The molecule has 0 spiro atoms. The molecule has 0 unspecified atom stereocenters. The molecule has 1 aromatic carbocycles. The molecule has 0 aliphatic carbocycles. The molecule has 1 saturated heterocycles. The summed E-state index contributed by atoms with van der Waals surface area (Å²) in [6, 6.07) is 8.14. The maximum absolute atomic E-state index is 12.9. The highest BCUT2D eigenvalue weighted by Crippen LogP contribution is 2.21. The molecule has 3 heterocycles. The summed E-state index contributed by atoms with van der Waals surface area (Å²) in [5, 5.41) is 5.40. The van der Waals surface area contributed by atoms with Crippen molar-refractivity contribution in [2.45, 2.75) is 51.9 Å². The number of aromatic nitrogens is 4. The van der Waals surface area contributed by atoms with Crippen LogP contribution in [0.3, 0.4) is 0 Å². The van der Waals surface area contributed by atoms with E-state index in [1.807, 2.05) is 33.3 Å². The van der Waals surface area contributed by atoms with E-state index in [2.05, 4.69) is 18.4 Å². The van der Waals surface area contributed by atoms with E-state index in [0.29, 0.717) is 35.2 Å². The third kappa shape index (κ3) is 3.04. The van der Waals surface area contributed by atoms with E-state index in [1.165, 1.54) is 19.3 Å². The second-order valence-electron chi connectivity index (χ2n) is 7.15. The molecule has 7 heteroatoms. The molecule has 2 aromatic heterocycles. The van der Waals surface area contributed by atoms with Crippen molar-refractivity contribution in [3.63, 3.8) is 0 Å². The van der Waals surface area contributed by atoms with Gasteiger partial charge in [-0.25, -0.2) is 4.68 Å². The molecule has 0 saturated carbocycles. The molecule has 142 valence electrons. The summed E-state index contributed by atoms with van der Waals surface area (Å²) in [5.74, 6) is 0.577. The van der Waals surface area contributed by atoms with Crippen LogP contribution in [0.2, 0.25) is 0 Å². The minimum Gasteiger partial charge on any atom is -0.281 e. The van der Waals surface area contributed by atoms with Crippen LogP contribution in [-0.2, 0) is 13.2 Å². The molecule has 1 aliphatic heterocycles. The normalized spacial score (nSPS) is 18.3. The summed E-state index contributed by atoms with van der Waals surface area (Å²) in [6.45, 7) is 8.16. The standard InChI is InChI=1S/C20H25N5OS/c1-3-12-23-18(26)16-10-5-6-11-17(16)25-19(23)21-24(20(25)27)14-22-13-8-7-9-15(22)4-2/h3,5-6,10-11,15H,1,4,7-9,12-14H2,2H3/t15-/m1/s1. The van der Waals surface area contributed by atoms with E-state index < -0.39 is 0 Å². The molecule has 6 nitrogen and oxygen atoms in total. The van der Waals surface area contributed by atoms with Gasteiger partial charge in [-0.15, -0.1) is 11.7 Å². The molecular weight excluding hydrogens is 358 g/mol. The summed E-state index contributed by atoms with van der Waals surface area (Å²) in [6.07, 6.45) is 6.57. The minimum absolute atomic E-state index is 0.0606. The van der Waals surface area contributed by atoms with Gasteiger partial charge in [0.15, 0.2) is 0 Å². The van der Waals surface area contributed by atoms with Crippen molar-refractivity contribution in [2.24, 2.45) is 0 Å². The molecule has 0 bridgehead atoms. The van der Waals surface area contributed by atoms with Gasteiger partial charge < -0.3 is 0 Å². The molecule has 27 heavy (non-hydrogen) atoms. The maximum atomic E-state index is 12.9. The van der Waals surface area contributed by atoms with Crippen LogP contribution in [0.15, 0.2) is 41.7 Å². The highest BCUT2D eigenvalue weighted by atomic mass is 32.1. The summed E-state index contributed by atoms with van der Waals surface area (Å²) < 4.78 is 6.05. The molecule has 1 atom stereocenters. The van der Waals surface area contributed by atoms with Gasteiger partial charge in [0.25, 0.3) is 5.56 Å². The van der Waals surface area contributed by atoms with Crippen LogP contribution in [0.5, 0.6) is 0 Å². The third-order valence-electron chi connectivity index (χ3n) is 5.53. The van der Waals surface area contributed by atoms with E-state index in [-0.39, 0.29) is 5.56 Å². The molecular formula is C20H25N5OS. The van der Waals surface area contributed by atoms with Crippen molar-refractivity contribution in [1.82, 2.24) is 23.6 Å². The Hall–Kier alpha value is -2.25. The Bertz CT molecular complexity index is 1110. The number of allylic oxidation sites excluding steroid dienone is 1. The largest absolute Gasteiger partial charge is 0.281 e. The van der Waals surface area contributed by atoms with E-state index in [1.54, 1.807) is 10.6 Å². The fourth-order valence-corrected chi connectivity index (χ4v) is 4.41. The Morgan fingerprint density at radius 2 is 2.15 bits per heavy atom. The highest BCUT2D eigenvalue weighted by molar-refractivity contribution is 7.71. The van der Waals surface area contributed by atoms with E-state index >= 15 is 0 Å². The van der Waals surface area contributed by atoms with E-state index in [9.17, 15) is 4.79 Å². The molecule has 4 rings (SSSR count). The van der Waals surface area contributed by atoms with Gasteiger partial charge >= 0.3 is 0 Å². The van der Waals surface area contributed by atoms with Gasteiger partial charge in [-0.1, -0.05) is 31.6 Å². The molecule has 3 aromatic rings. The van der Waals surface area contributed by atoms with Gasteiger partial charge in [-0.05, 0) is 43.6 Å². The second-order valence-corrected chi connectivity index (χ2v) is 7.52. The fourth-order valence-electron chi connectivity index (χ4n) is 4.13. The number of hydrogen-bond donors (Lipinski definition) is 0. The molecule has 0 radical (unpaired) electrons. The maximum Gasteiger partial charge on any atom is 0.263 e. The number of para-hydroxylation sites is 1. The van der Waals surface area contributed by atoms with Crippen molar-refractivity contribution >= 4 is 28.9 Å². The Morgan fingerprint density at radius 3 is 2.93 bits per heavy atom. The summed E-state index contributed by atoms with van der Waals surface area (Å²) in [7, 11) is 0. The van der Waals surface area contributed by atoms with Gasteiger partial charge in [0.1, 0.15) is 0 Å². The topological polar surface area (TPSA) is 47.5 Å². The zero-order valence-electron chi connectivity index (χ0n) is 15.7. The zero-order chi connectivity index (χ0) is 19.0. The van der Waals surface area contributed by atoms with Crippen molar-refractivity contribution in [3.8, 4) is 0 Å². The summed E-state index contributed by atoms with van der Waals surface area (Å²) >= 11 is 5.78. The number of benzene rings is 1. The third-order valence-corrected chi connectivity index (χ3v) is 5.93. The second kappa shape index (κ2) is 7.40. The SMILES string of the molecule is C=CCn1c(=O)c2ccccc2n2c(=S)n(CN3CCCC[C@H]3CC)nc12. The highest BCUT2D eigenvalue weighted by Gasteiger charge is 2.22. The fraction of sp³-hybridized carbons (Fsp3) is 0.450. The van der Waals surface area contributed by atoms with Gasteiger partial charge in [0.05, 0.1) is 17.6 Å². The summed E-state index contributed by atoms with van der Waals surface area (Å²) in [5.41, 5.74) is 0.745. The smallest absolute Gasteiger partial charge is 0.263 e. The molecule has 1 fully saturated rings. The Balaban J connectivity index is 1.91. The van der Waals surface area contributed by atoms with Crippen LogP contribution < -0.4 is 5.56 Å². The number of rotatable bonds is 5. The van der Waals surface area contributed by atoms with Gasteiger partial charge in [0.2, 0.25) is 10.5 Å². The quantitative estimate of drug-likeness (QED) is 0.499. The predicted molar refractivity (Wildman–Crippen MR) is 111 cm³/mol. The first-order valence-electron chi connectivity index (χ1n) is 9.61. The number of hydrogen-bond acceptors (Lipinski definition) is 4. The van der Waals surface area contributed by atoms with Crippen LogP contribution in [0.25, 0.3) is 16.7 Å². The van der Waals surface area contributed by atoms with E-state index in [4.69, 9.17) is 17.3 Å². The molecule has 1 aliphatic rings. The minimum atomic E-state index is -0.0606. The lowest BCUT2D eigenvalue weighted by atomic mass is 10.0. The first-order valence-corrected chi connectivity index (χ1v) is 10.0. The Morgan fingerprint density at radius 1 is 1.33 bits per heavy atom. The number of piperidine rings is 1. The number of nitrogens with zero attached hydrogens (tertiary/aromatic N) is 5. The van der Waals surface area contributed by atoms with Crippen LogP contribution in [-0.4, -0.2) is 36.2 Å². The van der Waals surface area contributed by atoms with E-state index in [0.717, 1.165) is 18.5 Å². The number of fused-ring (bicyclic) bond motifs is 3. The van der Waals surface area contributed by atoms with Crippen LogP contribution in [0.4, 0.5) is 0 Å². The predicted octanol–water partition coefficient (Wildman–Crippen LogP) is 3.59. The number of likely N-dealkylation sites (tertiary alicyclic amines) is 1. The zero-order valence-corrected chi connectivity index (χ0v) is 16.5. The average Bonchev–Trinajstić information content (AvgIpc) is 3.02. The summed E-state index contributed by atoms with van der Waals surface area (Å²) in [4.78, 5) is 15.4. The molecule has 0 amide bonds. The van der Waals surface area contributed by atoms with Crippen LogP contribution >= 0.6 is 12.2 Å². The lowest BCUT2D eigenvalue weighted by Crippen LogP contribution is -2.40. The Kier molecular flexibility index (Phi) is 4.97. The van der Waals surface area contributed by atoms with Crippen LogP contribution in [0, 0.1) is 4.77 Å². The van der Waals surface area contributed by atoms with Crippen LogP contribution in [0.1, 0.15) is 32.6 Å². The van der Waals surface area contributed by atoms with Crippen molar-refractivity contribution in [1.29, 1.82) is 0 Å². The lowest BCUT2D eigenvalue weighted by Gasteiger charge is -2.34. The van der Waals surface area contributed by atoms with Crippen molar-refractivity contribution < 1.29 is 0 Å². The van der Waals surface area contributed by atoms with Gasteiger partial charge in [0, 0.05) is 19.1 Å². The first-order chi connectivity index (χ1) is 13.2.